The highest BCUT2D eigenvalue weighted by molar-refractivity contribution is 5.83. The summed E-state index contributed by atoms with van der Waals surface area (Å²) in [6.45, 7) is 3.06. The molecule has 1 aromatic heterocycles. The van der Waals surface area contributed by atoms with Gasteiger partial charge in [0.15, 0.2) is 0 Å². The molecule has 1 saturated carbocycles. The maximum absolute atomic E-state index is 12.5. The first-order valence-electron chi connectivity index (χ1n) is 7.25. The fourth-order valence-corrected chi connectivity index (χ4v) is 2.61. The van der Waals surface area contributed by atoms with Gasteiger partial charge in [-0.05, 0) is 38.3 Å². The average molecular weight is 281 g/mol. The molecule has 1 aliphatic carbocycles. The summed E-state index contributed by atoms with van der Waals surface area (Å²) >= 11 is 0. The summed E-state index contributed by atoms with van der Waals surface area (Å²) in [4.78, 5) is 12.5. The predicted molar refractivity (Wildman–Crippen MR) is 74.1 cm³/mol. The first kappa shape index (κ1) is 15.1. The van der Waals surface area contributed by atoms with Crippen LogP contribution in [0.15, 0.2) is 22.8 Å². The number of hydrogen-bond acceptors (Lipinski definition) is 4. The molecule has 1 heterocycles. The summed E-state index contributed by atoms with van der Waals surface area (Å²) in [6, 6.07) is 3.04. The molecular weight excluding hydrogens is 258 g/mol. The Morgan fingerprint density at radius 3 is 2.90 bits per heavy atom. The fraction of sp³-hybridized carbons (Fsp3) is 0.667. The second kappa shape index (κ2) is 6.90. The van der Waals surface area contributed by atoms with Crippen LogP contribution in [0.1, 0.15) is 44.4 Å². The molecule has 20 heavy (non-hydrogen) atoms. The summed E-state index contributed by atoms with van der Waals surface area (Å²) in [7, 11) is 0. The van der Waals surface area contributed by atoms with Gasteiger partial charge in [-0.2, -0.15) is 0 Å². The Bertz CT molecular complexity index is 412. The van der Waals surface area contributed by atoms with Crippen molar-refractivity contribution in [3.8, 4) is 0 Å². The summed E-state index contributed by atoms with van der Waals surface area (Å²) < 4.78 is 10.6. The van der Waals surface area contributed by atoms with E-state index in [0.29, 0.717) is 19.0 Å². The van der Waals surface area contributed by atoms with E-state index in [4.69, 9.17) is 9.15 Å². The van der Waals surface area contributed by atoms with Crippen LogP contribution in [0.2, 0.25) is 0 Å². The zero-order valence-electron chi connectivity index (χ0n) is 11.9. The van der Waals surface area contributed by atoms with E-state index in [1.165, 1.54) is 0 Å². The van der Waals surface area contributed by atoms with Crippen molar-refractivity contribution in [3.05, 3.63) is 24.2 Å². The van der Waals surface area contributed by atoms with Crippen molar-refractivity contribution >= 4 is 5.91 Å². The highest BCUT2D eigenvalue weighted by Gasteiger charge is 2.44. The number of amides is 1. The van der Waals surface area contributed by atoms with Gasteiger partial charge < -0.3 is 19.6 Å². The Hall–Kier alpha value is -1.33. The number of carbonyl (C=O) groups excluding carboxylic acids is 1. The lowest BCUT2D eigenvalue weighted by atomic mass is 9.66. The van der Waals surface area contributed by atoms with E-state index in [2.05, 4.69) is 5.32 Å². The first-order valence-corrected chi connectivity index (χ1v) is 7.25. The summed E-state index contributed by atoms with van der Waals surface area (Å²) in [6.07, 6.45) is 5.13. The van der Waals surface area contributed by atoms with Crippen LogP contribution >= 0.6 is 0 Å². The number of rotatable bonds is 8. The maximum atomic E-state index is 12.5. The zero-order chi connectivity index (χ0) is 14.4. The molecule has 0 aliphatic heterocycles. The Kier molecular flexibility index (Phi) is 5.20. The zero-order valence-corrected chi connectivity index (χ0v) is 11.9. The van der Waals surface area contributed by atoms with Crippen LogP contribution in [0.4, 0.5) is 0 Å². The van der Waals surface area contributed by atoms with Gasteiger partial charge in [-0.25, -0.2) is 0 Å². The molecule has 2 rings (SSSR count). The van der Waals surface area contributed by atoms with Crippen LogP contribution in [0.25, 0.3) is 0 Å². The number of hydrogen-bond donors (Lipinski definition) is 2. The standard InChI is InChI=1S/C15H23NO4/c1-2-19-10-8-15(6-4-7-15)14(18)16-12(11-17)13-5-3-9-20-13/h3,5,9,12,17H,2,4,6-8,10-11H2,1H3,(H,16,18). The van der Waals surface area contributed by atoms with Crippen molar-refractivity contribution in [3.63, 3.8) is 0 Å². The topological polar surface area (TPSA) is 71.7 Å². The van der Waals surface area contributed by atoms with Gasteiger partial charge in [0.1, 0.15) is 11.8 Å². The second-order valence-electron chi connectivity index (χ2n) is 5.30. The van der Waals surface area contributed by atoms with E-state index in [1.54, 1.807) is 18.4 Å². The minimum atomic E-state index is -0.470. The van der Waals surface area contributed by atoms with E-state index >= 15 is 0 Å². The third-order valence-corrected chi connectivity index (χ3v) is 4.10. The number of carbonyl (C=O) groups is 1. The van der Waals surface area contributed by atoms with Gasteiger partial charge in [0.05, 0.1) is 18.3 Å². The Labute approximate surface area is 119 Å². The molecule has 0 spiro atoms. The average Bonchev–Trinajstić information content (AvgIpc) is 2.92. The SMILES string of the molecule is CCOCCC1(C(=O)NC(CO)c2ccco2)CCC1. The maximum Gasteiger partial charge on any atom is 0.226 e. The van der Waals surface area contributed by atoms with E-state index in [9.17, 15) is 9.90 Å². The van der Waals surface area contributed by atoms with Crippen molar-refractivity contribution in [2.24, 2.45) is 5.41 Å². The van der Waals surface area contributed by atoms with Gasteiger partial charge >= 0.3 is 0 Å². The molecule has 0 aromatic carbocycles. The molecule has 1 atom stereocenters. The van der Waals surface area contributed by atoms with Gasteiger partial charge in [0.25, 0.3) is 0 Å². The Balaban J connectivity index is 1.94. The molecule has 0 radical (unpaired) electrons. The molecule has 1 amide bonds. The van der Waals surface area contributed by atoms with E-state index in [-0.39, 0.29) is 17.9 Å². The molecule has 1 fully saturated rings. The minimum absolute atomic E-state index is 0.00102. The largest absolute Gasteiger partial charge is 0.467 e. The summed E-state index contributed by atoms with van der Waals surface area (Å²) in [5.74, 6) is 0.582. The van der Waals surface area contributed by atoms with Crippen molar-refractivity contribution in [2.45, 2.75) is 38.6 Å². The van der Waals surface area contributed by atoms with Crippen molar-refractivity contribution in [1.29, 1.82) is 0 Å². The van der Waals surface area contributed by atoms with E-state index in [1.807, 2.05) is 6.92 Å². The Morgan fingerprint density at radius 1 is 1.60 bits per heavy atom. The van der Waals surface area contributed by atoms with Crippen LogP contribution in [0, 0.1) is 5.41 Å². The summed E-state index contributed by atoms with van der Waals surface area (Å²) in [5, 5.41) is 12.3. The second-order valence-corrected chi connectivity index (χ2v) is 5.30. The van der Waals surface area contributed by atoms with Crippen LogP contribution in [-0.4, -0.2) is 30.8 Å². The molecule has 0 saturated heterocycles. The molecule has 1 aromatic rings. The van der Waals surface area contributed by atoms with Gasteiger partial charge in [-0.15, -0.1) is 0 Å². The molecule has 1 aliphatic rings. The predicted octanol–water partition coefficient (Wildman–Crippen LogP) is 2.03. The van der Waals surface area contributed by atoms with Crippen LogP contribution in [-0.2, 0) is 9.53 Å². The van der Waals surface area contributed by atoms with E-state index < -0.39 is 6.04 Å². The quantitative estimate of drug-likeness (QED) is 0.715. The lowest BCUT2D eigenvalue weighted by Gasteiger charge is -2.41. The lowest BCUT2D eigenvalue weighted by molar-refractivity contribution is -0.139. The highest BCUT2D eigenvalue weighted by Crippen LogP contribution is 2.44. The number of furan rings is 1. The number of aliphatic hydroxyl groups is 1. The van der Waals surface area contributed by atoms with Crippen LogP contribution < -0.4 is 5.32 Å². The lowest BCUT2D eigenvalue weighted by Crippen LogP contribution is -2.48. The molecule has 5 heteroatoms. The van der Waals surface area contributed by atoms with Gasteiger partial charge in [0, 0.05) is 13.2 Å². The molecule has 5 nitrogen and oxygen atoms in total. The number of ether oxygens (including phenoxy) is 1. The number of aliphatic hydroxyl groups excluding tert-OH is 1. The molecule has 1 unspecified atom stereocenters. The highest BCUT2D eigenvalue weighted by atomic mass is 16.5. The van der Waals surface area contributed by atoms with Gasteiger partial charge in [-0.1, -0.05) is 6.42 Å². The third-order valence-electron chi connectivity index (χ3n) is 4.10. The van der Waals surface area contributed by atoms with E-state index in [0.717, 1.165) is 25.7 Å². The number of nitrogens with one attached hydrogen (secondary N) is 1. The fourth-order valence-electron chi connectivity index (χ4n) is 2.61. The first-order chi connectivity index (χ1) is 9.72. The summed E-state index contributed by atoms with van der Waals surface area (Å²) in [5.41, 5.74) is -0.324. The molecular formula is C15H23NO4. The van der Waals surface area contributed by atoms with Gasteiger partial charge in [0.2, 0.25) is 5.91 Å². The normalized spacial score (nSPS) is 18.3. The van der Waals surface area contributed by atoms with Crippen molar-refractivity contribution < 1.29 is 19.1 Å². The van der Waals surface area contributed by atoms with Crippen LogP contribution in [0.5, 0.6) is 0 Å². The smallest absolute Gasteiger partial charge is 0.226 e. The monoisotopic (exact) mass is 281 g/mol. The molecule has 2 N–H and O–H groups in total. The van der Waals surface area contributed by atoms with Crippen molar-refractivity contribution in [2.75, 3.05) is 19.8 Å². The van der Waals surface area contributed by atoms with Crippen LogP contribution in [0.3, 0.4) is 0 Å². The van der Waals surface area contributed by atoms with Crippen molar-refractivity contribution in [1.82, 2.24) is 5.32 Å². The third kappa shape index (κ3) is 3.22. The van der Waals surface area contributed by atoms with Gasteiger partial charge in [-0.3, -0.25) is 4.79 Å². The Morgan fingerprint density at radius 2 is 2.40 bits per heavy atom. The minimum Gasteiger partial charge on any atom is -0.467 e. The molecule has 112 valence electrons. The molecule has 0 bridgehead atoms.